The maximum atomic E-state index is 12.3. The zero-order valence-electron chi connectivity index (χ0n) is 15.2. The molecule has 0 fully saturated rings. The lowest BCUT2D eigenvalue weighted by Gasteiger charge is -2.24. The summed E-state index contributed by atoms with van der Waals surface area (Å²) in [6, 6.07) is 17.8. The van der Waals surface area contributed by atoms with Crippen LogP contribution in [0.5, 0.6) is 5.75 Å². The minimum atomic E-state index is -0.119. The van der Waals surface area contributed by atoms with E-state index in [1.165, 1.54) is 0 Å². The van der Waals surface area contributed by atoms with Gasteiger partial charge in [-0.05, 0) is 35.4 Å². The van der Waals surface area contributed by atoms with Gasteiger partial charge >= 0.3 is 0 Å². The van der Waals surface area contributed by atoms with Gasteiger partial charge in [-0.25, -0.2) is 0 Å². The van der Waals surface area contributed by atoms with Crippen LogP contribution in [0.3, 0.4) is 0 Å². The van der Waals surface area contributed by atoms with Crippen LogP contribution in [0.25, 0.3) is 0 Å². The number of carbonyl (C=O) groups excluding carboxylic acids is 1. The third kappa shape index (κ3) is 4.42. The van der Waals surface area contributed by atoms with Crippen LogP contribution in [0.2, 0.25) is 0 Å². The number of hydrogen-bond acceptors (Lipinski definition) is 4. The molecule has 0 bridgehead atoms. The number of oxime groups is 1. The standard InChI is InChI=1S/C21H24N2O3/c1-3-21(24)23(14-16-7-5-4-6-8-16)15-19-13-20(22-26-19)17-9-11-18(25-2)12-10-17/h4-12,19H,3,13-15H2,1-2H3. The van der Waals surface area contributed by atoms with Crippen molar-refractivity contribution in [2.45, 2.75) is 32.4 Å². The highest BCUT2D eigenvalue weighted by Gasteiger charge is 2.26. The minimum absolute atomic E-state index is 0.119. The Morgan fingerprint density at radius 1 is 1.19 bits per heavy atom. The van der Waals surface area contributed by atoms with Gasteiger partial charge in [0.15, 0.2) is 6.10 Å². The Hall–Kier alpha value is -2.82. The quantitative estimate of drug-likeness (QED) is 0.765. The second-order valence-corrected chi connectivity index (χ2v) is 6.31. The Labute approximate surface area is 154 Å². The highest BCUT2D eigenvalue weighted by atomic mass is 16.6. The van der Waals surface area contributed by atoms with Crippen molar-refractivity contribution < 1.29 is 14.4 Å². The smallest absolute Gasteiger partial charge is 0.222 e. The van der Waals surface area contributed by atoms with E-state index in [4.69, 9.17) is 9.57 Å². The number of benzene rings is 2. The summed E-state index contributed by atoms with van der Waals surface area (Å²) in [6.07, 6.45) is 1.05. The normalized spacial score (nSPS) is 15.9. The van der Waals surface area contributed by atoms with E-state index in [1.807, 2.05) is 66.4 Å². The molecule has 1 unspecified atom stereocenters. The molecular formula is C21H24N2O3. The maximum Gasteiger partial charge on any atom is 0.222 e. The lowest BCUT2D eigenvalue weighted by Crippen LogP contribution is -2.36. The molecule has 26 heavy (non-hydrogen) atoms. The summed E-state index contributed by atoms with van der Waals surface area (Å²) in [6.45, 7) is 3.01. The van der Waals surface area contributed by atoms with Crippen LogP contribution < -0.4 is 4.74 Å². The summed E-state index contributed by atoms with van der Waals surface area (Å²) in [4.78, 5) is 19.8. The third-order valence-corrected chi connectivity index (χ3v) is 4.45. The van der Waals surface area contributed by atoms with Crippen molar-refractivity contribution in [3.05, 3.63) is 65.7 Å². The average molecular weight is 352 g/mol. The molecule has 0 aliphatic carbocycles. The van der Waals surface area contributed by atoms with Crippen molar-refractivity contribution in [3.8, 4) is 5.75 Å². The van der Waals surface area contributed by atoms with Crippen molar-refractivity contribution >= 4 is 11.6 Å². The van der Waals surface area contributed by atoms with Crippen LogP contribution in [0.15, 0.2) is 59.8 Å². The van der Waals surface area contributed by atoms with E-state index in [0.717, 1.165) is 22.6 Å². The topological polar surface area (TPSA) is 51.1 Å². The molecule has 1 aliphatic heterocycles. The molecule has 0 aromatic heterocycles. The fourth-order valence-corrected chi connectivity index (χ4v) is 3.01. The van der Waals surface area contributed by atoms with Crippen molar-refractivity contribution in [2.24, 2.45) is 5.16 Å². The number of carbonyl (C=O) groups is 1. The van der Waals surface area contributed by atoms with Gasteiger partial charge in [-0.2, -0.15) is 0 Å². The first-order valence-corrected chi connectivity index (χ1v) is 8.88. The van der Waals surface area contributed by atoms with Crippen LogP contribution in [-0.4, -0.2) is 36.3 Å². The maximum absolute atomic E-state index is 12.3. The second kappa shape index (κ2) is 8.52. The number of amides is 1. The molecule has 0 spiro atoms. The molecule has 136 valence electrons. The van der Waals surface area contributed by atoms with Gasteiger partial charge in [0.05, 0.1) is 19.4 Å². The van der Waals surface area contributed by atoms with Gasteiger partial charge in [-0.1, -0.05) is 42.4 Å². The molecule has 5 heteroatoms. The molecule has 0 saturated carbocycles. The molecule has 1 amide bonds. The number of methoxy groups -OCH3 is 1. The summed E-state index contributed by atoms with van der Waals surface area (Å²) in [5, 5.41) is 4.23. The Morgan fingerprint density at radius 3 is 2.58 bits per heavy atom. The number of nitrogens with zero attached hydrogens (tertiary/aromatic N) is 2. The molecule has 2 aromatic carbocycles. The van der Waals surface area contributed by atoms with Crippen molar-refractivity contribution in [2.75, 3.05) is 13.7 Å². The summed E-state index contributed by atoms with van der Waals surface area (Å²) in [5.41, 5.74) is 3.04. The highest BCUT2D eigenvalue weighted by molar-refractivity contribution is 6.01. The van der Waals surface area contributed by atoms with Gasteiger partial charge < -0.3 is 14.5 Å². The molecule has 0 N–H and O–H groups in total. The molecule has 1 atom stereocenters. The largest absolute Gasteiger partial charge is 0.497 e. The zero-order valence-corrected chi connectivity index (χ0v) is 15.2. The van der Waals surface area contributed by atoms with Gasteiger partial charge in [0.1, 0.15) is 5.75 Å². The number of rotatable bonds is 7. The average Bonchev–Trinajstić information content (AvgIpc) is 3.16. The van der Waals surface area contributed by atoms with Crippen LogP contribution in [-0.2, 0) is 16.2 Å². The summed E-state index contributed by atoms with van der Waals surface area (Å²) < 4.78 is 5.19. The van der Waals surface area contributed by atoms with E-state index in [1.54, 1.807) is 7.11 Å². The van der Waals surface area contributed by atoms with Crippen molar-refractivity contribution in [1.29, 1.82) is 0 Å². The molecule has 1 heterocycles. The lowest BCUT2D eigenvalue weighted by molar-refractivity contribution is -0.133. The van der Waals surface area contributed by atoms with Crippen LogP contribution >= 0.6 is 0 Å². The molecule has 5 nitrogen and oxygen atoms in total. The van der Waals surface area contributed by atoms with E-state index in [9.17, 15) is 4.79 Å². The molecule has 0 saturated heterocycles. The zero-order chi connectivity index (χ0) is 18.4. The van der Waals surface area contributed by atoms with Crippen molar-refractivity contribution in [1.82, 2.24) is 4.90 Å². The van der Waals surface area contributed by atoms with E-state index in [2.05, 4.69) is 5.16 Å². The van der Waals surface area contributed by atoms with Crippen LogP contribution in [0.4, 0.5) is 0 Å². The first-order valence-electron chi connectivity index (χ1n) is 8.88. The predicted molar refractivity (Wildman–Crippen MR) is 101 cm³/mol. The Kier molecular flexibility index (Phi) is 5.89. The molecule has 0 radical (unpaired) electrons. The predicted octanol–water partition coefficient (Wildman–Crippen LogP) is 3.63. The molecule has 3 rings (SSSR count). The highest BCUT2D eigenvalue weighted by Crippen LogP contribution is 2.21. The Balaban J connectivity index is 1.62. The first kappa shape index (κ1) is 18.0. The van der Waals surface area contributed by atoms with E-state index < -0.39 is 0 Å². The Morgan fingerprint density at radius 2 is 1.92 bits per heavy atom. The minimum Gasteiger partial charge on any atom is -0.497 e. The summed E-state index contributed by atoms with van der Waals surface area (Å²) in [5.74, 6) is 0.933. The molecule has 2 aromatic rings. The molecular weight excluding hydrogens is 328 g/mol. The lowest BCUT2D eigenvalue weighted by atomic mass is 10.0. The Bertz CT molecular complexity index is 757. The van der Waals surface area contributed by atoms with Crippen LogP contribution in [0.1, 0.15) is 30.9 Å². The van der Waals surface area contributed by atoms with Gasteiger partial charge in [0.25, 0.3) is 0 Å². The third-order valence-electron chi connectivity index (χ3n) is 4.45. The van der Waals surface area contributed by atoms with Gasteiger partial charge in [-0.15, -0.1) is 0 Å². The number of ether oxygens (including phenoxy) is 1. The van der Waals surface area contributed by atoms with Crippen molar-refractivity contribution in [3.63, 3.8) is 0 Å². The SMILES string of the molecule is CCC(=O)N(Cc1ccccc1)CC1CC(c2ccc(OC)cc2)=NO1. The second-order valence-electron chi connectivity index (χ2n) is 6.31. The number of hydrogen-bond donors (Lipinski definition) is 0. The van der Waals surface area contributed by atoms with E-state index in [-0.39, 0.29) is 12.0 Å². The fourth-order valence-electron chi connectivity index (χ4n) is 3.01. The summed E-state index contributed by atoms with van der Waals surface area (Å²) in [7, 11) is 1.65. The van der Waals surface area contributed by atoms with Gasteiger partial charge in [0, 0.05) is 19.4 Å². The summed E-state index contributed by atoms with van der Waals surface area (Å²) >= 11 is 0. The van der Waals surface area contributed by atoms with Gasteiger partial charge in [0.2, 0.25) is 5.91 Å². The van der Waals surface area contributed by atoms with E-state index in [0.29, 0.717) is 25.9 Å². The van der Waals surface area contributed by atoms with Gasteiger partial charge in [-0.3, -0.25) is 4.79 Å². The fraction of sp³-hybridized carbons (Fsp3) is 0.333. The van der Waals surface area contributed by atoms with E-state index >= 15 is 0 Å². The van der Waals surface area contributed by atoms with Crippen LogP contribution in [0, 0.1) is 0 Å². The first-order chi connectivity index (χ1) is 12.7. The molecule has 1 aliphatic rings. The monoisotopic (exact) mass is 352 g/mol.